The number of nitrogens with zero attached hydrogens (tertiary/aromatic N) is 3. The molecule has 0 amide bonds. The molecular formula is C16H17N3O3S. The summed E-state index contributed by atoms with van der Waals surface area (Å²) in [5, 5.41) is 4.69. The van der Waals surface area contributed by atoms with E-state index in [1.54, 1.807) is 18.5 Å². The molecule has 0 saturated heterocycles. The number of esters is 1. The van der Waals surface area contributed by atoms with E-state index < -0.39 is 5.97 Å². The molecule has 2 aromatic heterocycles. The minimum atomic E-state index is -0.415. The van der Waals surface area contributed by atoms with Crippen LogP contribution in [-0.4, -0.2) is 34.3 Å². The van der Waals surface area contributed by atoms with Gasteiger partial charge in [0.25, 0.3) is 0 Å². The van der Waals surface area contributed by atoms with E-state index in [4.69, 9.17) is 9.47 Å². The molecule has 0 N–H and O–H groups in total. The number of aryl methyl sites for hydroxylation is 1. The van der Waals surface area contributed by atoms with E-state index in [0.29, 0.717) is 16.6 Å². The van der Waals surface area contributed by atoms with Crippen molar-refractivity contribution in [3.05, 3.63) is 52.5 Å². The highest BCUT2D eigenvalue weighted by Crippen LogP contribution is 2.28. The number of ether oxygens (including phenoxy) is 2. The average molecular weight is 331 g/mol. The molecule has 2 aromatic rings. The number of carbonyl (C=O) groups excluding carboxylic acids is 1. The van der Waals surface area contributed by atoms with Crippen molar-refractivity contribution in [2.45, 2.75) is 19.8 Å². The normalized spacial score (nSPS) is 17.2. The van der Waals surface area contributed by atoms with E-state index in [-0.39, 0.29) is 5.92 Å². The van der Waals surface area contributed by atoms with Gasteiger partial charge in [-0.25, -0.2) is 14.3 Å². The van der Waals surface area contributed by atoms with Crippen LogP contribution >= 0.6 is 11.3 Å². The van der Waals surface area contributed by atoms with Crippen LogP contribution < -0.4 is 0 Å². The molecule has 1 atom stereocenters. The summed E-state index contributed by atoms with van der Waals surface area (Å²) < 4.78 is 12.0. The molecule has 1 unspecified atom stereocenters. The minimum Gasteiger partial charge on any atom is -0.497 e. The predicted molar refractivity (Wildman–Crippen MR) is 87.7 cm³/mol. The van der Waals surface area contributed by atoms with Crippen LogP contribution in [0.15, 0.2) is 36.1 Å². The third-order valence-electron chi connectivity index (χ3n) is 3.47. The zero-order valence-electron chi connectivity index (χ0n) is 13.1. The van der Waals surface area contributed by atoms with Gasteiger partial charge in [-0.3, -0.25) is 0 Å². The van der Waals surface area contributed by atoms with Crippen molar-refractivity contribution in [1.82, 2.24) is 14.6 Å². The molecule has 23 heavy (non-hydrogen) atoms. The molecule has 0 bridgehead atoms. The smallest absolute Gasteiger partial charge is 0.369 e. The van der Waals surface area contributed by atoms with Crippen LogP contribution in [0.2, 0.25) is 0 Å². The second kappa shape index (κ2) is 6.37. The zero-order valence-corrected chi connectivity index (χ0v) is 14.0. The first-order valence-electron chi connectivity index (χ1n) is 7.28. The summed E-state index contributed by atoms with van der Waals surface area (Å²) in [7, 11) is 1.64. The second-order valence-electron chi connectivity index (χ2n) is 4.95. The molecule has 0 saturated carbocycles. The molecule has 7 heteroatoms. The Morgan fingerprint density at radius 2 is 2.26 bits per heavy atom. The quantitative estimate of drug-likeness (QED) is 0.806. The van der Waals surface area contributed by atoms with Crippen LogP contribution in [0.1, 0.15) is 34.0 Å². The molecular weight excluding hydrogens is 314 g/mol. The lowest BCUT2D eigenvalue weighted by Crippen LogP contribution is -2.06. The summed E-state index contributed by atoms with van der Waals surface area (Å²) in [4.78, 5) is 17.1. The van der Waals surface area contributed by atoms with Crippen LogP contribution in [0.4, 0.5) is 0 Å². The van der Waals surface area contributed by atoms with E-state index in [2.05, 4.69) is 10.1 Å². The van der Waals surface area contributed by atoms with E-state index in [1.807, 2.05) is 37.3 Å². The van der Waals surface area contributed by atoms with Crippen LogP contribution in [0.3, 0.4) is 0 Å². The molecule has 1 aliphatic carbocycles. The zero-order chi connectivity index (χ0) is 16.4. The first kappa shape index (κ1) is 15.5. The molecule has 6 nitrogen and oxygen atoms in total. The van der Waals surface area contributed by atoms with E-state index >= 15 is 0 Å². The van der Waals surface area contributed by atoms with Gasteiger partial charge in [0.2, 0.25) is 9.97 Å². The summed E-state index contributed by atoms with van der Waals surface area (Å²) in [5.41, 5.74) is 1.82. The van der Waals surface area contributed by atoms with Gasteiger partial charge in [0.05, 0.1) is 25.1 Å². The summed E-state index contributed by atoms with van der Waals surface area (Å²) in [6.45, 7) is 4.04. The number of imidazole rings is 1. The standard InChI is InChI=1S/C16H17N3O3S/c1-4-22-15(20)14-18-19-13(10(2)17-16(19)23-14)11-6-5-7-12(21-3)9-8-11/h5-9,11H,4H2,1-3H3. The van der Waals surface area contributed by atoms with E-state index in [9.17, 15) is 4.79 Å². The molecule has 0 fully saturated rings. The highest BCUT2D eigenvalue weighted by atomic mass is 32.1. The van der Waals surface area contributed by atoms with Gasteiger partial charge < -0.3 is 9.47 Å². The minimum absolute atomic E-state index is 0.00560. The fraction of sp³-hybridized carbons (Fsp3) is 0.312. The number of hydrogen-bond acceptors (Lipinski definition) is 6. The lowest BCUT2D eigenvalue weighted by Gasteiger charge is -2.06. The maximum absolute atomic E-state index is 11.9. The van der Waals surface area contributed by atoms with Crippen molar-refractivity contribution in [3.63, 3.8) is 0 Å². The van der Waals surface area contributed by atoms with Crippen molar-refractivity contribution in [2.24, 2.45) is 0 Å². The molecule has 120 valence electrons. The first-order valence-corrected chi connectivity index (χ1v) is 8.09. The number of methoxy groups -OCH3 is 1. The molecule has 0 aliphatic heterocycles. The molecule has 3 rings (SSSR count). The van der Waals surface area contributed by atoms with Crippen molar-refractivity contribution >= 4 is 22.3 Å². The lowest BCUT2D eigenvalue weighted by molar-refractivity contribution is 0.0524. The number of carbonyl (C=O) groups is 1. The summed E-state index contributed by atoms with van der Waals surface area (Å²) >= 11 is 1.23. The van der Waals surface area contributed by atoms with Crippen LogP contribution in [0, 0.1) is 6.92 Å². The largest absolute Gasteiger partial charge is 0.497 e. The van der Waals surface area contributed by atoms with Gasteiger partial charge in [-0.15, -0.1) is 5.10 Å². The molecule has 0 spiro atoms. The van der Waals surface area contributed by atoms with Gasteiger partial charge in [-0.05, 0) is 26.0 Å². The maximum Gasteiger partial charge on any atom is 0.369 e. The Hall–Kier alpha value is -2.41. The topological polar surface area (TPSA) is 65.7 Å². The number of allylic oxidation sites excluding steroid dienone is 5. The Bertz CT molecular complexity index is 829. The number of fused-ring (bicyclic) bond motifs is 1. The van der Waals surface area contributed by atoms with Gasteiger partial charge in [-0.2, -0.15) is 0 Å². The number of aromatic nitrogens is 3. The Labute approximate surface area is 137 Å². The molecule has 1 aliphatic rings. The second-order valence-corrected chi connectivity index (χ2v) is 5.90. The highest BCUT2D eigenvalue weighted by Gasteiger charge is 2.22. The number of rotatable bonds is 4. The van der Waals surface area contributed by atoms with Crippen molar-refractivity contribution < 1.29 is 14.3 Å². The maximum atomic E-state index is 11.9. The van der Waals surface area contributed by atoms with Gasteiger partial charge in [0.15, 0.2) is 0 Å². The molecule has 0 radical (unpaired) electrons. The summed E-state index contributed by atoms with van der Waals surface area (Å²) in [6, 6.07) is 0. The predicted octanol–water partition coefficient (Wildman–Crippen LogP) is 3.02. The van der Waals surface area contributed by atoms with Gasteiger partial charge >= 0.3 is 5.97 Å². The van der Waals surface area contributed by atoms with Gasteiger partial charge in [0.1, 0.15) is 5.76 Å². The number of hydrogen-bond donors (Lipinski definition) is 0. The average Bonchev–Trinajstić information content (AvgIpc) is 2.95. The van der Waals surface area contributed by atoms with Crippen molar-refractivity contribution in [1.29, 1.82) is 0 Å². The van der Waals surface area contributed by atoms with E-state index in [0.717, 1.165) is 17.1 Å². The van der Waals surface area contributed by atoms with Crippen molar-refractivity contribution in [2.75, 3.05) is 13.7 Å². The van der Waals surface area contributed by atoms with Crippen LogP contribution in [0.25, 0.3) is 4.96 Å². The fourth-order valence-corrected chi connectivity index (χ4v) is 3.28. The van der Waals surface area contributed by atoms with Gasteiger partial charge in [-0.1, -0.05) is 29.6 Å². The first-order chi connectivity index (χ1) is 11.1. The molecule has 2 heterocycles. The third kappa shape index (κ3) is 2.92. The Balaban J connectivity index is 2.01. The van der Waals surface area contributed by atoms with Crippen molar-refractivity contribution in [3.8, 4) is 0 Å². The van der Waals surface area contributed by atoms with Gasteiger partial charge in [0, 0.05) is 5.92 Å². The lowest BCUT2D eigenvalue weighted by atomic mass is 10.0. The Morgan fingerprint density at radius 1 is 1.43 bits per heavy atom. The summed E-state index contributed by atoms with van der Waals surface area (Å²) in [6.07, 6.45) is 9.83. The van der Waals surface area contributed by atoms with E-state index in [1.165, 1.54) is 11.3 Å². The Morgan fingerprint density at radius 3 is 3.00 bits per heavy atom. The fourth-order valence-electron chi connectivity index (χ4n) is 2.43. The third-order valence-corrected chi connectivity index (χ3v) is 4.36. The van der Waals surface area contributed by atoms with Crippen LogP contribution in [-0.2, 0) is 9.47 Å². The molecule has 0 aromatic carbocycles. The summed E-state index contributed by atoms with van der Waals surface area (Å²) in [5.74, 6) is 0.376. The highest BCUT2D eigenvalue weighted by molar-refractivity contribution is 7.18. The Kier molecular flexibility index (Phi) is 4.29. The SMILES string of the molecule is CCOC(=O)c1nn2c(C3C=CC=C(OC)C=C3)c(C)nc2s1. The monoisotopic (exact) mass is 331 g/mol. The van der Waals surface area contributed by atoms with Crippen LogP contribution in [0.5, 0.6) is 0 Å².